The summed E-state index contributed by atoms with van der Waals surface area (Å²) in [6.45, 7) is 6.94. The summed E-state index contributed by atoms with van der Waals surface area (Å²) in [6, 6.07) is 0. The van der Waals surface area contributed by atoms with Crippen LogP contribution in [0.25, 0.3) is 0 Å². The lowest BCUT2D eigenvalue weighted by Gasteiger charge is -2.27. The van der Waals surface area contributed by atoms with Crippen molar-refractivity contribution in [3.05, 3.63) is 6.42 Å². The molecule has 0 aromatic carbocycles. The maximum atomic E-state index is 10.8. The van der Waals surface area contributed by atoms with Crippen LogP contribution in [-0.2, 0) is 9.53 Å². The summed E-state index contributed by atoms with van der Waals surface area (Å²) in [7, 11) is 0. The fourth-order valence-electron chi connectivity index (χ4n) is 2.08. The van der Waals surface area contributed by atoms with Gasteiger partial charge in [-0.05, 0) is 43.9 Å². The van der Waals surface area contributed by atoms with Gasteiger partial charge in [0.05, 0.1) is 6.10 Å². The molecule has 2 heteroatoms. The summed E-state index contributed by atoms with van der Waals surface area (Å²) in [5.74, 6) is -0.0114. The van der Waals surface area contributed by atoms with E-state index < -0.39 is 0 Å². The minimum absolute atomic E-state index is 0.00541. The smallest absolute Gasteiger partial charge is 0.202 e. The van der Waals surface area contributed by atoms with Crippen LogP contribution in [0.5, 0.6) is 0 Å². The van der Waals surface area contributed by atoms with Gasteiger partial charge in [-0.1, -0.05) is 20.8 Å². The van der Waals surface area contributed by atoms with E-state index in [4.69, 9.17) is 4.74 Å². The number of carbonyl (C=O) groups excluding carboxylic acids is 1. The van der Waals surface area contributed by atoms with Gasteiger partial charge in [-0.3, -0.25) is 4.79 Å². The zero-order valence-electron chi connectivity index (χ0n) is 10.8. The Hall–Kier alpha value is -0.370. The highest BCUT2D eigenvalue weighted by Crippen LogP contribution is 2.27. The Bertz CT molecular complexity index is 199. The van der Waals surface area contributed by atoms with Crippen LogP contribution in [0.2, 0.25) is 0 Å². The largest absolute Gasteiger partial charge is 0.378 e. The monoisotopic (exact) mass is 224 g/mol. The number of hydrogen-bond acceptors (Lipinski definition) is 2. The molecule has 0 bridgehead atoms. The second-order valence-corrected chi connectivity index (χ2v) is 5.76. The minimum Gasteiger partial charge on any atom is -0.378 e. The van der Waals surface area contributed by atoms with Crippen molar-refractivity contribution in [2.45, 2.75) is 59.0 Å². The molecule has 0 aromatic heterocycles. The van der Waals surface area contributed by atoms with Gasteiger partial charge in [-0.15, -0.1) is 0 Å². The van der Waals surface area contributed by atoms with Gasteiger partial charge in [-0.25, -0.2) is 0 Å². The summed E-state index contributed by atoms with van der Waals surface area (Å²) in [5, 5.41) is 0. The second-order valence-electron chi connectivity index (χ2n) is 5.76. The van der Waals surface area contributed by atoms with E-state index in [1.165, 1.54) is 12.8 Å². The molecule has 2 radical (unpaired) electrons. The van der Waals surface area contributed by atoms with E-state index in [2.05, 4.69) is 33.5 Å². The van der Waals surface area contributed by atoms with Crippen molar-refractivity contribution in [3.63, 3.8) is 0 Å². The Balaban J connectivity index is 2.20. The van der Waals surface area contributed by atoms with Crippen LogP contribution in [-0.4, -0.2) is 19.0 Å². The van der Waals surface area contributed by atoms with Gasteiger partial charge in [0.15, 0.2) is 0 Å². The van der Waals surface area contributed by atoms with Crippen molar-refractivity contribution in [2.24, 2.45) is 11.3 Å². The maximum Gasteiger partial charge on any atom is 0.202 e. The molecular weight excluding hydrogens is 200 g/mol. The summed E-state index contributed by atoms with van der Waals surface area (Å²) >= 11 is 0. The molecule has 0 heterocycles. The minimum atomic E-state index is -0.0114. The molecule has 1 aliphatic rings. The fourth-order valence-corrected chi connectivity index (χ4v) is 2.08. The molecule has 1 atom stereocenters. The molecule has 0 spiro atoms. The standard InChI is InChI=1S/C14H24O2/c1-14(2,3)12(11-15)9-10-16-13-7-5-4-6-8-13/h4,12-13H,5-10H2,1-3H3. The average molecular weight is 224 g/mol. The van der Waals surface area contributed by atoms with Crippen LogP contribution in [0.3, 0.4) is 0 Å². The first kappa shape index (κ1) is 13.7. The SMILES string of the molecule is CC(C)(C)C([C]=O)CCOC1CC[CH]CC1. The topological polar surface area (TPSA) is 26.3 Å². The first-order chi connectivity index (χ1) is 7.54. The van der Waals surface area contributed by atoms with Crippen LogP contribution in [0.4, 0.5) is 0 Å². The van der Waals surface area contributed by atoms with Crippen LogP contribution >= 0.6 is 0 Å². The lowest BCUT2D eigenvalue weighted by molar-refractivity contribution is 0.0248. The van der Waals surface area contributed by atoms with Gasteiger partial charge in [-0.2, -0.15) is 0 Å². The highest BCUT2D eigenvalue weighted by atomic mass is 16.5. The molecule has 16 heavy (non-hydrogen) atoms. The van der Waals surface area contributed by atoms with E-state index in [9.17, 15) is 4.79 Å². The first-order valence-electron chi connectivity index (χ1n) is 6.35. The van der Waals surface area contributed by atoms with E-state index >= 15 is 0 Å². The maximum absolute atomic E-state index is 10.8. The second kappa shape index (κ2) is 6.39. The third-order valence-corrected chi connectivity index (χ3v) is 3.33. The fraction of sp³-hybridized carbons (Fsp3) is 0.857. The Morgan fingerprint density at radius 2 is 2.00 bits per heavy atom. The third kappa shape index (κ3) is 4.65. The lowest BCUT2D eigenvalue weighted by Crippen LogP contribution is -2.25. The molecule has 1 rings (SSSR count). The van der Waals surface area contributed by atoms with Gasteiger partial charge in [0.1, 0.15) is 0 Å². The zero-order valence-corrected chi connectivity index (χ0v) is 10.8. The van der Waals surface area contributed by atoms with Crippen LogP contribution in [0.15, 0.2) is 0 Å². The molecule has 1 unspecified atom stereocenters. The Morgan fingerprint density at radius 3 is 2.50 bits per heavy atom. The van der Waals surface area contributed by atoms with E-state index in [1.807, 2.05) is 0 Å². The summed E-state index contributed by atoms with van der Waals surface area (Å²) in [6.07, 6.45) is 10.3. The predicted molar refractivity (Wildman–Crippen MR) is 65.8 cm³/mol. The molecule has 92 valence electrons. The summed E-state index contributed by atoms with van der Waals surface area (Å²) in [4.78, 5) is 10.8. The number of ether oxygens (including phenoxy) is 1. The van der Waals surface area contributed by atoms with Gasteiger partial charge >= 0.3 is 0 Å². The van der Waals surface area contributed by atoms with Gasteiger partial charge in [0, 0.05) is 12.5 Å². The molecule has 1 saturated carbocycles. The Kier molecular flexibility index (Phi) is 5.47. The molecule has 0 amide bonds. The van der Waals surface area contributed by atoms with Crippen LogP contribution in [0.1, 0.15) is 52.9 Å². The lowest BCUT2D eigenvalue weighted by atomic mass is 9.80. The van der Waals surface area contributed by atoms with Crippen molar-refractivity contribution in [3.8, 4) is 0 Å². The molecule has 0 aliphatic heterocycles. The van der Waals surface area contributed by atoms with E-state index in [0.29, 0.717) is 12.7 Å². The molecule has 1 aliphatic carbocycles. The summed E-state index contributed by atoms with van der Waals surface area (Å²) < 4.78 is 5.81. The van der Waals surface area contributed by atoms with Gasteiger partial charge in [0.25, 0.3) is 0 Å². The van der Waals surface area contributed by atoms with Crippen LogP contribution in [0, 0.1) is 17.8 Å². The number of rotatable bonds is 5. The third-order valence-electron chi connectivity index (χ3n) is 3.33. The van der Waals surface area contributed by atoms with Crippen molar-refractivity contribution < 1.29 is 9.53 Å². The zero-order chi connectivity index (χ0) is 12.0. The molecule has 0 saturated heterocycles. The van der Waals surface area contributed by atoms with Crippen molar-refractivity contribution in [1.29, 1.82) is 0 Å². The molecule has 0 aromatic rings. The summed E-state index contributed by atoms with van der Waals surface area (Å²) in [5.41, 5.74) is 0.00541. The molecule has 1 fully saturated rings. The quantitative estimate of drug-likeness (QED) is 0.716. The Morgan fingerprint density at radius 1 is 1.38 bits per heavy atom. The van der Waals surface area contributed by atoms with Crippen molar-refractivity contribution in [1.82, 2.24) is 0 Å². The van der Waals surface area contributed by atoms with E-state index in [0.717, 1.165) is 19.3 Å². The first-order valence-corrected chi connectivity index (χ1v) is 6.35. The van der Waals surface area contributed by atoms with Crippen LogP contribution < -0.4 is 0 Å². The molecule has 0 N–H and O–H groups in total. The highest BCUT2D eigenvalue weighted by molar-refractivity contribution is 5.55. The highest BCUT2D eigenvalue weighted by Gasteiger charge is 2.25. The Labute approximate surface area is 99.8 Å². The predicted octanol–water partition coefficient (Wildman–Crippen LogP) is 3.31. The normalized spacial score (nSPS) is 20.7. The van der Waals surface area contributed by atoms with E-state index in [1.54, 1.807) is 0 Å². The van der Waals surface area contributed by atoms with E-state index in [-0.39, 0.29) is 11.3 Å². The van der Waals surface area contributed by atoms with Crippen molar-refractivity contribution >= 4 is 6.29 Å². The molecular formula is C14H24O2. The number of hydrogen-bond donors (Lipinski definition) is 0. The van der Waals surface area contributed by atoms with Gasteiger partial charge in [0.2, 0.25) is 6.29 Å². The average Bonchev–Trinajstić information content (AvgIpc) is 2.24. The van der Waals surface area contributed by atoms with Gasteiger partial charge < -0.3 is 4.74 Å². The van der Waals surface area contributed by atoms with Crippen molar-refractivity contribution in [2.75, 3.05) is 6.61 Å². The molecule has 2 nitrogen and oxygen atoms in total.